The Labute approximate surface area is 74.0 Å². The van der Waals surface area contributed by atoms with Crippen LogP contribution in [0.3, 0.4) is 0 Å². The fourth-order valence-electron chi connectivity index (χ4n) is 0. The van der Waals surface area contributed by atoms with Crippen molar-refractivity contribution < 1.29 is 0 Å². The molecule has 0 amide bonds. The van der Waals surface area contributed by atoms with Crippen LogP contribution in [0.25, 0.3) is 0 Å². The Morgan fingerprint density at radius 1 is 1.25 bits per heavy atom. The van der Waals surface area contributed by atoms with Gasteiger partial charge in [0.1, 0.15) is 0 Å². The predicted molar refractivity (Wildman–Crippen MR) is 45.7 cm³/mol. The van der Waals surface area contributed by atoms with Crippen molar-refractivity contribution in [2.75, 3.05) is 0 Å². The van der Waals surface area contributed by atoms with Crippen molar-refractivity contribution in [3.63, 3.8) is 0 Å². The summed E-state index contributed by atoms with van der Waals surface area (Å²) in [6.45, 7) is 3.86. The van der Waals surface area contributed by atoms with Crippen molar-refractivity contribution in [2.45, 2.75) is 29.1 Å². The Bertz CT molecular complexity index is 21.6. The van der Waals surface area contributed by atoms with E-state index in [1.54, 1.807) is 0 Å². The van der Waals surface area contributed by atoms with Gasteiger partial charge in [0.25, 0.3) is 0 Å². The van der Waals surface area contributed by atoms with E-state index >= 15 is 0 Å². The molecule has 0 spiro atoms. The number of halogens is 2. The molecule has 0 aromatic rings. The Kier molecular flexibility index (Phi) is 31.9. The first-order chi connectivity index (χ1) is 3.15. The molecule has 0 aromatic carbocycles. The summed E-state index contributed by atoms with van der Waals surface area (Å²) in [6.07, 6.45) is 0. The monoisotopic (exact) mass is 264 g/mol. The topological polar surface area (TPSA) is 0 Å². The van der Waals surface area contributed by atoms with Gasteiger partial charge < -0.3 is 0 Å². The second-order valence-corrected chi connectivity index (χ2v) is 5.24. The van der Waals surface area contributed by atoms with Crippen molar-refractivity contribution in [1.82, 2.24) is 0 Å². The van der Waals surface area contributed by atoms with E-state index < -0.39 is 0 Å². The van der Waals surface area contributed by atoms with Crippen LogP contribution in [0.1, 0.15) is 13.8 Å². The van der Waals surface area contributed by atoms with E-state index in [0.717, 1.165) is 0 Å². The first-order valence-electron chi connectivity index (χ1n) is 2.37. The molecule has 0 nitrogen and oxygen atoms in total. The molecule has 0 bridgehead atoms. The van der Waals surface area contributed by atoms with Crippen LogP contribution >= 0.6 is 24.0 Å². The molecule has 0 N–H and O–H groups in total. The zero-order chi connectivity index (χ0) is 6.28. The molecule has 0 rings (SSSR count). The summed E-state index contributed by atoms with van der Waals surface area (Å²) in [6, 6.07) is 0. The van der Waals surface area contributed by atoms with Gasteiger partial charge in [0.2, 0.25) is 0 Å². The van der Waals surface area contributed by atoms with Crippen LogP contribution in [0.4, 0.5) is 0 Å². The molecular weight excluding hydrogens is 250 g/mol. The molecule has 0 heterocycles. The maximum atomic E-state index is 5.27. The molecule has 0 aromatic heterocycles. The second kappa shape index (κ2) is 15.8. The second-order valence-electron chi connectivity index (χ2n) is 1.51. The number of alkyl halides is 1. The summed E-state index contributed by atoms with van der Waals surface area (Å²) < 4.78 is 0. The van der Waals surface area contributed by atoms with Gasteiger partial charge in [0.15, 0.2) is 0 Å². The summed E-state index contributed by atoms with van der Waals surface area (Å²) in [5.74, 6) is 0. The van der Waals surface area contributed by atoms with Crippen molar-refractivity contribution in [2.24, 2.45) is 0 Å². The van der Waals surface area contributed by atoms with Gasteiger partial charge in [-0.2, -0.15) is 0 Å². The van der Waals surface area contributed by atoms with Crippen LogP contribution < -0.4 is 0 Å². The molecule has 0 aliphatic heterocycles. The van der Waals surface area contributed by atoms with Crippen LogP contribution in [0.15, 0.2) is 0 Å². The Morgan fingerprint density at radius 3 is 1.25 bits per heavy atom. The van der Waals surface area contributed by atoms with Crippen LogP contribution in [-0.4, -0.2) is 26.5 Å². The Morgan fingerprint density at radius 2 is 1.25 bits per heavy atom. The van der Waals surface area contributed by atoms with Gasteiger partial charge in [-0.05, 0) is 13.8 Å². The zero-order valence-electron chi connectivity index (χ0n) is 5.86. The van der Waals surface area contributed by atoms with Crippen molar-refractivity contribution in [3.8, 4) is 0 Å². The van der Waals surface area contributed by atoms with Gasteiger partial charge in [0, 0.05) is 5.38 Å². The van der Waals surface area contributed by atoms with Crippen LogP contribution in [0, 0.1) is 0 Å². The van der Waals surface area contributed by atoms with E-state index in [4.69, 9.17) is 11.6 Å². The van der Waals surface area contributed by atoms with Crippen molar-refractivity contribution in [3.05, 3.63) is 0 Å². The molecular formula is C5H14Cl2Sn. The van der Waals surface area contributed by atoms with Gasteiger partial charge >= 0.3 is 31.0 Å². The quantitative estimate of drug-likeness (QED) is 0.466. The molecule has 3 heteroatoms. The van der Waals surface area contributed by atoms with Gasteiger partial charge in [-0.15, -0.1) is 24.0 Å². The molecule has 0 saturated carbocycles. The number of hydrogen-bond acceptors (Lipinski definition) is 0. The molecule has 52 valence electrons. The molecule has 0 aliphatic carbocycles. The standard InChI is InChI=1S/C3H7Cl.2CH3.ClH.Sn/c1-3(2)4;;;;/h3H,1-2H3;2*1H3;1H;. The minimum atomic E-state index is 0. The average molecular weight is 264 g/mol. The molecule has 0 atom stereocenters. The summed E-state index contributed by atoms with van der Waals surface area (Å²) in [7, 11) is 0. The first kappa shape index (κ1) is 16.2. The summed E-state index contributed by atoms with van der Waals surface area (Å²) in [5.41, 5.74) is 0. The molecule has 0 fully saturated rings. The van der Waals surface area contributed by atoms with Crippen LogP contribution in [0.2, 0.25) is 9.88 Å². The Hall–Kier alpha value is 1.38. The molecule has 8 heavy (non-hydrogen) atoms. The first-order valence-corrected chi connectivity index (χ1v) is 8.52. The fourth-order valence-corrected chi connectivity index (χ4v) is 0. The predicted octanol–water partition coefficient (Wildman–Crippen LogP) is 2.84. The third-order valence-corrected chi connectivity index (χ3v) is 0. The third kappa shape index (κ3) is 158. The van der Waals surface area contributed by atoms with E-state index in [1.807, 2.05) is 13.8 Å². The van der Waals surface area contributed by atoms with E-state index in [-0.39, 0.29) is 33.5 Å². The van der Waals surface area contributed by atoms with Gasteiger partial charge in [0.05, 0.1) is 0 Å². The molecule has 0 unspecified atom stereocenters. The van der Waals surface area contributed by atoms with Crippen molar-refractivity contribution >= 4 is 45.2 Å². The summed E-state index contributed by atoms with van der Waals surface area (Å²) in [5, 5.41) is 0.306. The average Bonchev–Trinajstić information content (AvgIpc) is 1.33. The molecule has 2 radical (unpaired) electrons. The summed E-state index contributed by atoms with van der Waals surface area (Å²) in [4.78, 5) is 4.59. The van der Waals surface area contributed by atoms with E-state index in [2.05, 4.69) is 9.88 Å². The van der Waals surface area contributed by atoms with Crippen LogP contribution in [0.5, 0.6) is 0 Å². The fraction of sp³-hybridized carbons (Fsp3) is 1.00. The zero-order valence-corrected chi connectivity index (χ0v) is 10.3. The maximum absolute atomic E-state index is 5.27. The minimum absolute atomic E-state index is 0. The van der Waals surface area contributed by atoms with Gasteiger partial charge in [-0.3, -0.25) is 0 Å². The van der Waals surface area contributed by atoms with E-state index in [9.17, 15) is 0 Å². The Balaban J connectivity index is -0.0000000575. The molecule has 0 saturated heterocycles. The summed E-state index contributed by atoms with van der Waals surface area (Å²) >= 11 is 5.50. The normalized spacial score (nSPS) is 6.75. The van der Waals surface area contributed by atoms with Crippen LogP contribution in [-0.2, 0) is 0 Å². The van der Waals surface area contributed by atoms with Gasteiger partial charge in [-0.25, -0.2) is 0 Å². The third-order valence-electron chi connectivity index (χ3n) is 0. The number of hydrogen-bond donors (Lipinski definition) is 0. The number of rotatable bonds is 0. The van der Waals surface area contributed by atoms with Crippen molar-refractivity contribution in [1.29, 1.82) is 0 Å². The SMILES string of the molecule is CC(C)Cl.Cl.[CH3][Sn][CH3]. The van der Waals surface area contributed by atoms with Gasteiger partial charge in [-0.1, -0.05) is 0 Å². The van der Waals surface area contributed by atoms with E-state index in [1.165, 1.54) is 0 Å². The molecule has 0 aliphatic rings. The van der Waals surface area contributed by atoms with E-state index in [0.29, 0.717) is 5.38 Å².